The zero-order valence-corrected chi connectivity index (χ0v) is 11.0. The molecular formula is C13H8Cl2FNO2. The SMILES string of the molecule is O=C(Nc1cc(Cl)cc(Cl)c1O)c1cccc(F)c1. The molecule has 98 valence electrons. The summed E-state index contributed by atoms with van der Waals surface area (Å²) in [5.74, 6) is -1.40. The molecule has 0 aliphatic rings. The number of carbonyl (C=O) groups is 1. The van der Waals surface area contributed by atoms with E-state index in [0.29, 0.717) is 0 Å². The number of aromatic hydroxyl groups is 1. The molecule has 2 N–H and O–H groups in total. The lowest BCUT2D eigenvalue weighted by molar-refractivity contribution is 0.102. The molecule has 0 saturated heterocycles. The van der Waals surface area contributed by atoms with Crippen LogP contribution in [0.1, 0.15) is 10.4 Å². The summed E-state index contributed by atoms with van der Waals surface area (Å²) < 4.78 is 13.0. The first-order valence-corrected chi connectivity index (χ1v) is 5.98. The molecule has 2 aromatic carbocycles. The topological polar surface area (TPSA) is 49.3 Å². The Morgan fingerprint density at radius 2 is 1.95 bits per heavy atom. The Bertz CT molecular complexity index is 647. The Morgan fingerprint density at radius 1 is 1.21 bits per heavy atom. The molecule has 0 bridgehead atoms. The van der Waals surface area contributed by atoms with Crippen molar-refractivity contribution in [3.63, 3.8) is 0 Å². The van der Waals surface area contributed by atoms with Crippen molar-refractivity contribution in [2.75, 3.05) is 5.32 Å². The lowest BCUT2D eigenvalue weighted by Gasteiger charge is -2.09. The maximum absolute atomic E-state index is 13.0. The van der Waals surface area contributed by atoms with Crippen LogP contribution in [0, 0.1) is 5.82 Å². The van der Waals surface area contributed by atoms with Gasteiger partial charge >= 0.3 is 0 Å². The van der Waals surface area contributed by atoms with Gasteiger partial charge in [-0.3, -0.25) is 4.79 Å². The van der Waals surface area contributed by atoms with E-state index in [1.807, 2.05) is 0 Å². The third-order valence-corrected chi connectivity index (χ3v) is 2.87. The van der Waals surface area contributed by atoms with Crippen LogP contribution in [-0.2, 0) is 0 Å². The molecule has 0 spiro atoms. The average molecular weight is 300 g/mol. The van der Waals surface area contributed by atoms with Crippen molar-refractivity contribution >= 4 is 34.8 Å². The molecule has 0 aliphatic heterocycles. The van der Waals surface area contributed by atoms with E-state index in [-0.39, 0.29) is 27.0 Å². The lowest BCUT2D eigenvalue weighted by atomic mass is 10.2. The number of amides is 1. The molecule has 19 heavy (non-hydrogen) atoms. The highest BCUT2D eigenvalue weighted by molar-refractivity contribution is 6.36. The molecule has 1 amide bonds. The van der Waals surface area contributed by atoms with Crippen molar-refractivity contribution in [2.24, 2.45) is 0 Å². The van der Waals surface area contributed by atoms with Gasteiger partial charge in [0.2, 0.25) is 0 Å². The average Bonchev–Trinajstić information content (AvgIpc) is 2.35. The molecule has 0 aromatic heterocycles. The van der Waals surface area contributed by atoms with E-state index >= 15 is 0 Å². The van der Waals surface area contributed by atoms with Crippen molar-refractivity contribution in [1.82, 2.24) is 0 Å². The molecule has 0 fully saturated rings. The minimum Gasteiger partial charge on any atom is -0.504 e. The maximum atomic E-state index is 13.0. The third kappa shape index (κ3) is 3.16. The summed E-state index contributed by atoms with van der Waals surface area (Å²) in [6.07, 6.45) is 0. The molecule has 2 aromatic rings. The van der Waals surface area contributed by atoms with Crippen molar-refractivity contribution in [1.29, 1.82) is 0 Å². The molecule has 0 aliphatic carbocycles. The van der Waals surface area contributed by atoms with E-state index in [1.54, 1.807) is 0 Å². The van der Waals surface area contributed by atoms with E-state index in [1.165, 1.54) is 30.3 Å². The van der Waals surface area contributed by atoms with Crippen LogP contribution in [0.2, 0.25) is 10.0 Å². The van der Waals surface area contributed by atoms with Gasteiger partial charge in [0.05, 0.1) is 10.7 Å². The highest BCUT2D eigenvalue weighted by atomic mass is 35.5. The molecule has 0 saturated carbocycles. The van der Waals surface area contributed by atoms with E-state index < -0.39 is 11.7 Å². The fourth-order valence-electron chi connectivity index (χ4n) is 1.49. The summed E-state index contributed by atoms with van der Waals surface area (Å²) >= 11 is 11.5. The Kier molecular flexibility index (Phi) is 3.93. The van der Waals surface area contributed by atoms with Gasteiger partial charge in [0.25, 0.3) is 5.91 Å². The summed E-state index contributed by atoms with van der Waals surface area (Å²) in [5, 5.41) is 12.4. The monoisotopic (exact) mass is 299 g/mol. The highest BCUT2D eigenvalue weighted by Crippen LogP contribution is 2.35. The van der Waals surface area contributed by atoms with Crippen molar-refractivity contribution in [3.8, 4) is 5.75 Å². The van der Waals surface area contributed by atoms with Gasteiger partial charge in [0, 0.05) is 10.6 Å². The summed E-state index contributed by atoms with van der Waals surface area (Å²) in [7, 11) is 0. The van der Waals surface area contributed by atoms with Gasteiger partial charge in [-0.15, -0.1) is 0 Å². The van der Waals surface area contributed by atoms with Gasteiger partial charge < -0.3 is 10.4 Å². The zero-order valence-electron chi connectivity index (χ0n) is 9.45. The van der Waals surface area contributed by atoms with Gasteiger partial charge in [-0.05, 0) is 30.3 Å². The van der Waals surface area contributed by atoms with Crippen LogP contribution in [0.4, 0.5) is 10.1 Å². The van der Waals surface area contributed by atoms with Gasteiger partial charge in [0.15, 0.2) is 5.75 Å². The van der Waals surface area contributed by atoms with Crippen LogP contribution >= 0.6 is 23.2 Å². The number of anilines is 1. The Hall–Kier alpha value is -1.78. The van der Waals surface area contributed by atoms with Crippen LogP contribution in [0.25, 0.3) is 0 Å². The predicted octanol–water partition coefficient (Wildman–Crippen LogP) is 4.09. The lowest BCUT2D eigenvalue weighted by Crippen LogP contribution is -2.12. The normalized spacial score (nSPS) is 10.3. The maximum Gasteiger partial charge on any atom is 0.255 e. The largest absolute Gasteiger partial charge is 0.504 e. The zero-order chi connectivity index (χ0) is 14.0. The van der Waals surface area contributed by atoms with Gasteiger partial charge in [0.1, 0.15) is 5.82 Å². The quantitative estimate of drug-likeness (QED) is 0.821. The van der Waals surface area contributed by atoms with E-state index in [2.05, 4.69) is 5.32 Å². The van der Waals surface area contributed by atoms with Crippen LogP contribution in [0.3, 0.4) is 0 Å². The number of phenols is 1. The number of benzene rings is 2. The highest BCUT2D eigenvalue weighted by Gasteiger charge is 2.12. The number of nitrogens with one attached hydrogen (secondary N) is 1. The van der Waals surface area contributed by atoms with Crippen LogP contribution in [0.5, 0.6) is 5.75 Å². The number of hydrogen-bond acceptors (Lipinski definition) is 2. The first kappa shape index (κ1) is 13.6. The van der Waals surface area contributed by atoms with Crippen molar-refractivity contribution in [2.45, 2.75) is 0 Å². The molecule has 0 unspecified atom stereocenters. The van der Waals surface area contributed by atoms with E-state index in [4.69, 9.17) is 23.2 Å². The molecular weight excluding hydrogens is 292 g/mol. The molecule has 3 nitrogen and oxygen atoms in total. The van der Waals surface area contributed by atoms with E-state index in [0.717, 1.165) is 6.07 Å². The van der Waals surface area contributed by atoms with Crippen LogP contribution in [-0.4, -0.2) is 11.0 Å². The number of halogens is 3. The smallest absolute Gasteiger partial charge is 0.255 e. The number of phenolic OH excluding ortho intramolecular Hbond substituents is 1. The summed E-state index contributed by atoms with van der Waals surface area (Å²) in [6.45, 7) is 0. The second-order valence-electron chi connectivity index (χ2n) is 3.75. The molecule has 6 heteroatoms. The number of hydrogen-bond donors (Lipinski definition) is 2. The first-order chi connectivity index (χ1) is 8.97. The van der Waals surface area contributed by atoms with E-state index in [9.17, 15) is 14.3 Å². The molecule has 0 radical (unpaired) electrons. The summed E-state index contributed by atoms with van der Waals surface area (Å²) in [5.41, 5.74) is 0.183. The Balaban J connectivity index is 2.29. The van der Waals surface area contributed by atoms with Gasteiger partial charge in [-0.2, -0.15) is 0 Å². The molecule has 2 rings (SSSR count). The summed E-state index contributed by atoms with van der Waals surface area (Å²) in [4.78, 5) is 11.9. The molecule has 0 atom stereocenters. The number of carbonyl (C=O) groups excluding carboxylic acids is 1. The number of rotatable bonds is 2. The third-order valence-electron chi connectivity index (χ3n) is 2.36. The fourth-order valence-corrected chi connectivity index (χ4v) is 1.98. The minimum absolute atomic E-state index is 0.0158. The second kappa shape index (κ2) is 5.47. The molecule has 0 heterocycles. The standard InChI is InChI=1S/C13H8Cl2FNO2/c14-8-5-10(15)12(18)11(6-8)17-13(19)7-2-1-3-9(16)4-7/h1-6,18H,(H,17,19). The van der Waals surface area contributed by atoms with Crippen LogP contribution < -0.4 is 5.32 Å². The Labute approximate surface area is 118 Å². The van der Waals surface area contributed by atoms with Crippen molar-refractivity contribution < 1.29 is 14.3 Å². The first-order valence-electron chi connectivity index (χ1n) is 5.22. The van der Waals surface area contributed by atoms with Crippen LogP contribution in [0.15, 0.2) is 36.4 Å². The van der Waals surface area contributed by atoms with Crippen molar-refractivity contribution in [3.05, 3.63) is 57.8 Å². The fraction of sp³-hybridized carbons (Fsp3) is 0. The Morgan fingerprint density at radius 3 is 2.63 bits per heavy atom. The predicted molar refractivity (Wildman–Crippen MR) is 72.5 cm³/mol. The minimum atomic E-state index is -0.576. The second-order valence-corrected chi connectivity index (χ2v) is 4.59. The van der Waals surface area contributed by atoms with Gasteiger partial charge in [-0.1, -0.05) is 29.3 Å². The summed E-state index contributed by atoms with van der Waals surface area (Å²) in [6, 6.07) is 7.86. The van der Waals surface area contributed by atoms with Gasteiger partial charge in [-0.25, -0.2) is 4.39 Å².